The van der Waals surface area contributed by atoms with Crippen molar-refractivity contribution in [3.63, 3.8) is 0 Å². The molecule has 1 saturated heterocycles. The van der Waals surface area contributed by atoms with E-state index in [2.05, 4.69) is 10.4 Å². The number of hydrogen-bond acceptors (Lipinski definition) is 4. The summed E-state index contributed by atoms with van der Waals surface area (Å²) < 4.78 is 1.54. The Balaban J connectivity index is 2.51. The minimum atomic E-state index is -1.01. The molecule has 7 heteroatoms. The smallest absolute Gasteiger partial charge is 0.341 e. The lowest BCUT2D eigenvalue weighted by atomic mass is 10.1. The first kappa shape index (κ1) is 13.4. The molecule has 0 aliphatic carbocycles. The summed E-state index contributed by atoms with van der Waals surface area (Å²) >= 11 is 0. The third kappa shape index (κ3) is 2.16. The van der Waals surface area contributed by atoms with E-state index in [9.17, 15) is 14.7 Å². The molecule has 1 aliphatic rings. The maximum Gasteiger partial charge on any atom is 0.341 e. The van der Waals surface area contributed by atoms with Gasteiger partial charge in [-0.3, -0.25) is 9.48 Å². The molecule has 2 rings (SSSR count). The van der Waals surface area contributed by atoms with Crippen LogP contribution in [0.25, 0.3) is 0 Å². The normalized spacial score (nSPS) is 19.4. The number of nitrogens with zero attached hydrogens (tertiary/aromatic N) is 3. The van der Waals surface area contributed by atoms with Gasteiger partial charge < -0.3 is 15.3 Å². The molecular weight excluding hydrogens is 248 g/mol. The number of anilines is 1. The number of carboxylic acid groups (broad SMARTS) is 1. The van der Waals surface area contributed by atoms with Gasteiger partial charge in [-0.2, -0.15) is 5.10 Å². The van der Waals surface area contributed by atoms with E-state index in [-0.39, 0.29) is 17.5 Å². The minimum absolute atomic E-state index is 0.0658. The Morgan fingerprint density at radius 2 is 2.26 bits per heavy atom. The van der Waals surface area contributed by atoms with Gasteiger partial charge in [-0.1, -0.05) is 6.92 Å². The van der Waals surface area contributed by atoms with E-state index < -0.39 is 5.97 Å². The predicted octanol–water partition coefficient (Wildman–Crippen LogP) is 0.142. The van der Waals surface area contributed by atoms with E-state index in [1.807, 2.05) is 11.8 Å². The van der Waals surface area contributed by atoms with Crippen molar-refractivity contribution in [3.05, 3.63) is 11.3 Å². The fourth-order valence-electron chi connectivity index (χ4n) is 2.60. The first-order chi connectivity index (χ1) is 8.97. The van der Waals surface area contributed by atoms with Crippen LogP contribution in [0.2, 0.25) is 0 Å². The fraction of sp³-hybridized carbons (Fsp3) is 0.583. The van der Waals surface area contributed by atoms with Crippen LogP contribution in [-0.2, 0) is 11.8 Å². The Hall–Kier alpha value is -2.05. The second-order valence-electron chi connectivity index (χ2n) is 4.62. The van der Waals surface area contributed by atoms with Crippen LogP contribution in [-0.4, -0.2) is 45.9 Å². The summed E-state index contributed by atoms with van der Waals surface area (Å²) in [7, 11) is 1.70. The van der Waals surface area contributed by atoms with E-state index in [0.717, 1.165) is 0 Å². The lowest BCUT2D eigenvalue weighted by molar-refractivity contribution is -0.123. The lowest BCUT2D eigenvalue weighted by Crippen LogP contribution is -2.56. The summed E-state index contributed by atoms with van der Waals surface area (Å²) in [6.45, 7) is 4.67. The van der Waals surface area contributed by atoms with Crippen LogP contribution in [0.3, 0.4) is 0 Å². The van der Waals surface area contributed by atoms with Crippen molar-refractivity contribution in [2.75, 3.05) is 18.0 Å². The third-order valence-corrected chi connectivity index (χ3v) is 3.40. The highest BCUT2D eigenvalue weighted by Gasteiger charge is 2.33. The number of carbonyl (C=O) groups excluding carboxylic acids is 1. The molecule has 1 aliphatic heterocycles. The molecule has 1 unspecified atom stereocenters. The van der Waals surface area contributed by atoms with Gasteiger partial charge in [0, 0.05) is 20.1 Å². The zero-order valence-corrected chi connectivity index (χ0v) is 11.3. The zero-order valence-electron chi connectivity index (χ0n) is 11.3. The molecule has 2 N–H and O–H groups in total. The molecule has 1 amide bonds. The van der Waals surface area contributed by atoms with Gasteiger partial charge >= 0.3 is 5.97 Å². The number of amides is 1. The maximum atomic E-state index is 11.9. The molecule has 1 fully saturated rings. The van der Waals surface area contributed by atoms with Crippen molar-refractivity contribution >= 4 is 17.7 Å². The van der Waals surface area contributed by atoms with Crippen molar-refractivity contribution in [2.45, 2.75) is 26.3 Å². The van der Waals surface area contributed by atoms with Crippen LogP contribution in [0.4, 0.5) is 5.82 Å². The van der Waals surface area contributed by atoms with Gasteiger partial charge in [0.2, 0.25) is 5.91 Å². The Labute approximate surface area is 111 Å². The van der Waals surface area contributed by atoms with Gasteiger partial charge in [0.25, 0.3) is 0 Å². The van der Waals surface area contributed by atoms with Crippen molar-refractivity contribution in [2.24, 2.45) is 7.05 Å². The van der Waals surface area contributed by atoms with E-state index >= 15 is 0 Å². The quantitative estimate of drug-likeness (QED) is 0.812. The van der Waals surface area contributed by atoms with E-state index in [4.69, 9.17) is 0 Å². The second-order valence-corrected chi connectivity index (χ2v) is 4.62. The van der Waals surface area contributed by atoms with Gasteiger partial charge in [0.15, 0.2) is 0 Å². The molecule has 1 aromatic heterocycles. The first-order valence-corrected chi connectivity index (χ1v) is 6.28. The molecule has 19 heavy (non-hydrogen) atoms. The highest BCUT2D eigenvalue weighted by molar-refractivity contribution is 5.96. The summed E-state index contributed by atoms with van der Waals surface area (Å²) in [5.74, 6) is -0.572. The average Bonchev–Trinajstić information content (AvgIpc) is 2.63. The second kappa shape index (κ2) is 4.91. The molecular formula is C12H18N4O3. The van der Waals surface area contributed by atoms with Gasteiger partial charge in [-0.05, 0) is 13.3 Å². The van der Waals surface area contributed by atoms with E-state index in [0.29, 0.717) is 31.0 Å². The molecule has 104 valence electrons. The monoisotopic (exact) mass is 266 g/mol. The number of hydrogen-bond donors (Lipinski definition) is 2. The fourth-order valence-corrected chi connectivity index (χ4v) is 2.60. The molecule has 0 spiro atoms. The molecule has 0 saturated carbocycles. The summed E-state index contributed by atoms with van der Waals surface area (Å²) in [5.41, 5.74) is 0.640. The van der Waals surface area contributed by atoms with Crippen LogP contribution in [0.5, 0.6) is 0 Å². The van der Waals surface area contributed by atoms with Crippen molar-refractivity contribution in [1.29, 1.82) is 0 Å². The Morgan fingerprint density at radius 1 is 1.58 bits per heavy atom. The van der Waals surface area contributed by atoms with Gasteiger partial charge in [-0.25, -0.2) is 4.79 Å². The summed E-state index contributed by atoms with van der Waals surface area (Å²) in [6, 6.07) is -0.346. The van der Waals surface area contributed by atoms with Crippen molar-refractivity contribution in [3.8, 4) is 0 Å². The number of carbonyl (C=O) groups is 2. The maximum absolute atomic E-state index is 11.9. The SMILES string of the molecule is CCC1C(=O)NCCN1c1c(C(=O)O)c(C)nn1C. The summed E-state index contributed by atoms with van der Waals surface area (Å²) in [6.07, 6.45) is 0.620. The van der Waals surface area contributed by atoms with Crippen molar-refractivity contribution in [1.82, 2.24) is 15.1 Å². The topological polar surface area (TPSA) is 87.5 Å². The number of nitrogens with one attached hydrogen (secondary N) is 1. The van der Waals surface area contributed by atoms with Crippen LogP contribution in [0.1, 0.15) is 29.4 Å². The van der Waals surface area contributed by atoms with Crippen LogP contribution >= 0.6 is 0 Å². The van der Waals surface area contributed by atoms with Crippen LogP contribution in [0, 0.1) is 6.92 Å². The molecule has 0 aromatic carbocycles. The average molecular weight is 266 g/mol. The third-order valence-electron chi connectivity index (χ3n) is 3.40. The number of aromatic nitrogens is 2. The number of aryl methyl sites for hydroxylation is 2. The Kier molecular flexibility index (Phi) is 3.46. The Morgan fingerprint density at radius 3 is 2.84 bits per heavy atom. The van der Waals surface area contributed by atoms with Crippen LogP contribution < -0.4 is 10.2 Å². The standard InChI is InChI=1S/C12H18N4O3/c1-4-8-10(17)13-5-6-16(8)11-9(12(18)19)7(2)14-15(11)3/h8H,4-6H2,1-3H3,(H,13,17)(H,18,19). The molecule has 1 atom stereocenters. The predicted molar refractivity (Wildman–Crippen MR) is 69.3 cm³/mol. The van der Waals surface area contributed by atoms with Gasteiger partial charge in [0.1, 0.15) is 17.4 Å². The van der Waals surface area contributed by atoms with E-state index in [1.54, 1.807) is 18.7 Å². The minimum Gasteiger partial charge on any atom is -0.477 e. The largest absolute Gasteiger partial charge is 0.477 e. The number of piperazine rings is 1. The molecule has 1 aromatic rings. The molecule has 2 heterocycles. The van der Waals surface area contributed by atoms with Crippen molar-refractivity contribution < 1.29 is 14.7 Å². The highest BCUT2D eigenvalue weighted by atomic mass is 16.4. The summed E-state index contributed by atoms with van der Waals surface area (Å²) in [4.78, 5) is 25.1. The highest BCUT2D eigenvalue weighted by Crippen LogP contribution is 2.26. The Bertz CT molecular complexity index is 523. The van der Waals surface area contributed by atoms with E-state index in [1.165, 1.54) is 0 Å². The zero-order chi connectivity index (χ0) is 14.2. The molecule has 0 radical (unpaired) electrons. The van der Waals surface area contributed by atoms with Gasteiger partial charge in [0.05, 0.1) is 5.69 Å². The molecule has 0 bridgehead atoms. The lowest BCUT2D eigenvalue weighted by Gasteiger charge is -2.36. The number of aromatic carboxylic acids is 1. The van der Waals surface area contributed by atoms with Crippen LogP contribution in [0.15, 0.2) is 0 Å². The number of carboxylic acids is 1. The van der Waals surface area contributed by atoms with Gasteiger partial charge in [-0.15, -0.1) is 0 Å². The number of rotatable bonds is 3. The molecule has 7 nitrogen and oxygen atoms in total. The first-order valence-electron chi connectivity index (χ1n) is 6.28. The summed E-state index contributed by atoms with van der Waals surface area (Å²) in [5, 5.41) is 16.3.